The van der Waals surface area contributed by atoms with Crippen LogP contribution in [-0.2, 0) is 0 Å². The normalized spacial score (nSPS) is 7.17. The number of nitrogens with two attached hydrogens (primary N) is 3. The lowest BCUT2D eigenvalue weighted by atomic mass is 10.2. The highest BCUT2D eigenvalue weighted by Crippen LogP contribution is 1.94. The van der Waals surface area contributed by atoms with Gasteiger partial charge in [0, 0.05) is 5.56 Å². The Morgan fingerprint density at radius 1 is 1.08 bits per heavy atom. The minimum absolute atomic E-state index is 0. The van der Waals surface area contributed by atoms with E-state index >= 15 is 0 Å². The number of rotatable bonds is 1. The Morgan fingerprint density at radius 3 is 1.75 bits per heavy atom. The molecule has 5 heteroatoms. The van der Waals surface area contributed by atoms with Crippen molar-refractivity contribution >= 4 is 18.2 Å². The van der Waals surface area contributed by atoms with Crippen LogP contribution in [0.25, 0.3) is 0 Å². The summed E-state index contributed by atoms with van der Waals surface area (Å²) >= 11 is 0. The summed E-state index contributed by atoms with van der Waals surface area (Å²) < 4.78 is 0. The first-order chi connectivity index (χ1) is 5.30. The smallest absolute Gasteiger partial charge is 0.122 e. The molecule has 0 radical (unpaired) electrons. The van der Waals surface area contributed by atoms with Gasteiger partial charge in [0.05, 0.1) is 0 Å². The Balaban J connectivity index is 0. The molecule has 0 spiro atoms. The summed E-state index contributed by atoms with van der Waals surface area (Å²) in [5, 5.41) is 7.01. The lowest BCUT2D eigenvalue weighted by molar-refractivity contribution is 1.26. The Hall–Kier alpha value is -1.10. The van der Waals surface area contributed by atoms with Crippen LogP contribution < -0.4 is 17.4 Å². The number of hydrogen-bond donors (Lipinski definition) is 4. The van der Waals surface area contributed by atoms with Gasteiger partial charge in [-0.3, -0.25) is 17.1 Å². The molecule has 0 aliphatic rings. The third kappa shape index (κ3) is 4.68. The second-order valence-corrected chi connectivity index (χ2v) is 1.78. The van der Waals surface area contributed by atoms with Crippen LogP contribution >= 0.6 is 12.4 Å². The second kappa shape index (κ2) is 8.00. The second-order valence-electron chi connectivity index (χ2n) is 1.78. The zero-order valence-electron chi connectivity index (χ0n) is 6.53. The number of hydrogen-bond acceptors (Lipinski definition) is 3. The third-order valence-corrected chi connectivity index (χ3v) is 1.08. The molecular weight excluding hydrogens is 176 g/mol. The van der Waals surface area contributed by atoms with Gasteiger partial charge in [-0.2, -0.15) is 0 Å². The molecule has 0 aliphatic carbocycles. The van der Waals surface area contributed by atoms with E-state index in [0.29, 0.717) is 0 Å². The lowest BCUT2D eigenvalue weighted by Crippen LogP contribution is -2.10. The molecular formula is C7H13ClN4. The Morgan fingerprint density at radius 2 is 1.50 bits per heavy atom. The van der Waals surface area contributed by atoms with Crippen molar-refractivity contribution in [1.82, 2.24) is 0 Å². The van der Waals surface area contributed by atoms with Gasteiger partial charge in [0.15, 0.2) is 0 Å². The van der Waals surface area contributed by atoms with Crippen LogP contribution in [0.15, 0.2) is 30.3 Å². The molecule has 1 aromatic rings. The molecule has 0 saturated carbocycles. The van der Waals surface area contributed by atoms with Gasteiger partial charge in [0.1, 0.15) is 5.84 Å². The zero-order valence-corrected chi connectivity index (χ0v) is 7.34. The van der Waals surface area contributed by atoms with Crippen LogP contribution in [0, 0.1) is 5.41 Å². The van der Waals surface area contributed by atoms with E-state index in [1.807, 2.05) is 30.3 Å². The number of nitrogen functional groups attached to an aromatic ring is 1. The summed E-state index contributed by atoms with van der Waals surface area (Å²) in [5.74, 6) is 8.12. The van der Waals surface area contributed by atoms with Crippen LogP contribution in [0.5, 0.6) is 0 Å². The maximum atomic E-state index is 7.01. The highest BCUT2D eigenvalue weighted by molar-refractivity contribution is 5.94. The first-order valence-corrected chi connectivity index (χ1v) is 3.03. The summed E-state index contributed by atoms with van der Waals surface area (Å²) in [6.45, 7) is 0. The quantitative estimate of drug-likeness (QED) is 0.219. The van der Waals surface area contributed by atoms with E-state index in [1.54, 1.807) is 0 Å². The van der Waals surface area contributed by atoms with E-state index in [9.17, 15) is 0 Å². The minimum atomic E-state index is 0. The summed E-state index contributed by atoms with van der Waals surface area (Å²) in [4.78, 5) is 0. The van der Waals surface area contributed by atoms with Crippen LogP contribution in [0.4, 0.5) is 0 Å². The first-order valence-electron chi connectivity index (χ1n) is 3.03. The van der Waals surface area contributed by atoms with Gasteiger partial charge < -0.3 is 5.73 Å². The van der Waals surface area contributed by atoms with E-state index in [-0.39, 0.29) is 18.2 Å². The molecule has 4 nitrogen and oxygen atoms in total. The van der Waals surface area contributed by atoms with E-state index < -0.39 is 0 Å². The van der Waals surface area contributed by atoms with Gasteiger partial charge in [0.2, 0.25) is 0 Å². The van der Waals surface area contributed by atoms with E-state index in [0.717, 1.165) is 5.56 Å². The van der Waals surface area contributed by atoms with Crippen molar-refractivity contribution in [1.29, 1.82) is 5.41 Å². The molecule has 0 amide bonds. The van der Waals surface area contributed by atoms with Crippen molar-refractivity contribution in [3.63, 3.8) is 0 Å². The molecule has 0 aliphatic heterocycles. The topological polar surface area (TPSA) is 102 Å². The van der Waals surface area contributed by atoms with Gasteiger partial charge in [-0.15, -0.1) is 12.4 Å². The Labute approximate surface area is 77.6 Å². The molecule has 7 N–H and O–H groups in total. The van der Waals surface area contributed by atoms with Crippen molar-refractivity contribution in [2.24, 2.45) is 17.4 Å². The maximum absolute atomic E-state index is 7.01. The van der Waals surface area contributed by atoms with Gasteiger partial charge >= 0.3 is 0 Å². The fourth-order valence-electron chi connectivity index (χ4n) is 0.618. The van der Waals surface area contributed by atoms with Crippen molar-refractivity contribution in [3.05, 3.63) is 35.9 Å². The highest BCUT2D eigenvalue weighted by atomic mass is 35.5. The number of halogens is 1. The van der Waals surface area contributed by atoms with Crippen molar-refractivity contribution < 1.29 is 0 Å². The van der Waals surface area contributed by atoms with Crippen LogP contribution in [0.1, 0.15) is 5.56 Å². The molecule has 68 valence electrons. The largest absolute Gasteiger partial charge is 0.384 e. The highest BCUT2D eigenvalue weighted by Gasteiger charge is 1.89. The minimum Gasteiger partial charge on any atom is -0.384 e. The molecule has 0 atom stereocenters. The monoisotopic (exact) mass is 188 g/mol. The van der Waals surface area contributed by atoms with E-state index in [2.05, 4.69) is 11.7 Å². The lowest BCUT2D eigenvalue weighted by Gasteiger charge is -1.93. The van der Waals surface area contributed by atoms with Gasteiger partial charge in [-0.1, -0.05) is 30.3 Å². The number of benzene rings is 1. The fourth-order valence-corrected chi connectivity index (χ4v) is 0.618. The molecule has 1 rings (SSSR count). The van der Waals surface area contributed by atoms with Gasteiger partial charge in [0.25, 0.3) is 0 Å². The summed E-state index contributed by atoms with van der Waals surface area (Å²) in [5.41, 5.74) is 5.97. The van der Waals surface area contributed by atoms with E-state index in [1.165, 1.54) is 0 Å². The number of hydrazine groups is 1. The van der Waals surface area contributed by atoms with Crippen molar-refractivity contribution in [3.8, 4) is 0 Å². The van der Waals surface area contributed by atoms with Crippen molar-refractivity contribution in [2.75, 3.05) is 0 Å². The summed E-state index contributed by atoms with van der Waals surface area (Å²) in [6.07, 6.45) is 0. The summed E-state index contributed by atoms with van der Waals surface area (Å²) in [7, 11) is 0. The fraction of sp³-hybridized carbons (Fsp3) is 0. The zero-order chi connectivity index (χ0) is 8.69. The van der Waals surface area contributed by atoms with Gasteiger partial charge in [-0.05, 0) is 0 Å². The van der Waals surface area contributed by atoms with Gasteiger partial charge in [-0.25, -0.2) is 0 Å². The molecule has 0 aromatic heterocycles. The van der Waals surface area contributed by atoms with Crippen LogP contribution in [-0.4, -0.2) is 5.84 Å². The molecule has 12 heavy (non-hydrogen) atoms. The number of amidine groups is 1. The maximum Gasteiger partial charge on any atom is 0.122 e. The van der Waals surface area contributed by atoms with E-state index in [4.69, 9.17) is 11.1 Å². The Kier molecular flexibility index (Phi) is 8.99. The molecule has 0 saturated heterocycles. The summed E-state index contributed by atoms with van der Waals surface area (Å²) in [6, 6.07) is 9.23. The molecule has 1 aromatic carbocycles. The first kappa shape index (κ1) is 13.5. The van der Waals surface area contributed by atoms with Crippen molar-refractivity contribution in [2.45, 2.75) is 0 Å². The van der Waals surface area contributed by atoms with Crippen LogP contribution in [0.2, 0.25) is 0 Å². The molecule has 0 heterocycles. The SMILES string of the molecule is Cl.N=C(N)c1ccccc1.NN. The third-order valence-electron chi connectivity index (χ3n) is 1.08. The molecule has 0 bridgehead atoms. The average molecular weight is 189 g/mol. The van der Waals surface area contributed by atoms with Crippen LogP contribution in [0.3, 0.4) is 0 Å². The molecule has 0 fully saturated rings. The standard InChI is InChI=1S/C7H8N2.ClH.H4N2/c8-7(9)6-4-2-1-3-5-6;;1-2/h1-5H,(H3,8,9);1H;1-2H2. The molecule has 0 unspecified atom stereocenters. The predicted octanol–water partition coefficient (Wildman–Crippen LogP) is 0.211. The predicted molar refractivity (Wildman–Crippen MR) is 53.1 cm³/mol. The average Bonchev–Trinajstić information content (AvgIpc) is 2.10. The number of nitrogens with one attached hydrogen (secondary N) is 1. The Bertz CT molecular complexity index is 212.